The van der Waals surface area contributed by atoms with E-state index in [2.05, 4.69) is 25.7 Å². The van der Waals surface area contributed by atoms with Crippen LogP contribution >= 0.6 is 15.9 Å². The first kappa shape index (κ1) is 12.0. The predicted molar refractivity (Wildman–Crippen MR) is 65.5 cm³/mol. The molecule has 1 aromatic heterocycles. The average molecular weight is 298 g/mol. The highest BCUT2D eigenvalue weighted by Crippen LogP contribution is 2.26. The van der Waals surface area contributed by atoms with Gasteiger partial charge in [-0.25, -0.2) is 14.2 Å². The summed E-state index contributed by atoms with van der Waals surface area (Å²) in [5.74, 6) is -0.971. The summed E-state index contributed by atoms with van der Waals surface area (Å²) in [4.78, 5) is 15.7. The van der Waals surface area contributed by atoms with Crippen molar-refractivity contribution in [2.75, 3.05) is 7.11 Å². The molecule has 5 heteroatoms. The Morgan fingerprint density at radius 1 is 1.41 bits per heavy atom. The molecule has 0 radical (unpaired) electrons. The monoisotopic (exact) mass is 297 g/mol. The number of aryl methyl sites for hydroxylation is 1. The van der Waals surface area contributed by atoms with Crippen LogP contribution in [0.15, 0.2) is 22.7 Å². The summed E-state index contributed by atoms with van der Waals surface area (Å²) < 4.78 is 19.0. The maximum atomic E-state index is 13.7. The van der Waals surface area contributed by atoms with Gasteiger partial charge in [0.25, 0.3) is 0 Å². The highest BCUT2D eigenvalue weighted by molar-refractivity contribution is 9.10. The largest absolute Gasteiger partial charge is 0.465 e. The number of esters is 1. The Morgan fingerprint density at radius 2 is 2.12 bits per heavy atom. The van der Waals surface area contributed by atoms with Gasteiger partial charge in [0.15, 0.2) is 5.82 Å². The van der Waals surface area contributed by atoms with Gasteiger partial charge in [0, 0.05) is 15.6 Å². The molecule has 2 aromatic rings. The number of aromatic nitrogens is 1. The molecule has 1 aromatic carbocycles. The zero-order valence-electron chi connectivity index (χ0n) is 9.25. The molecule has 0 unspecified atom stereocenters. The third-order valence-electron chi connectivity index (χ3n) is 2.37. The normalized spacial score (nSPS) is 10.6. The topological polar surface area (TPSA) is 39.2 Å². The lowest BCUT2D eigenvalue weighted by Crippen LogP contribution is -2.04. The fourth-order valence-corrected chi connectivity index (χ4v) is 2.09. The standard InChI is InChI=1S/C12H9BrFNO2/c1-6-3-9(12(16)17-2)8-4-7(13)5-10(14)11(8)15-6/h3-5H,1-2H3. The van der Waals surface area contributed by atoms with Crippen LogP contribution in [0.2, 0.25) is 0 Å². The molecule has 2 rings (SSSR count). The van der Waals surface area contributed by atoms with E-state index in [1.165, 1.54) is 13.2 Å². The lowest BCUT2D eigenvalue weighted by molar-refractivity contribution is 0.0603. The number of hydrogen-bond donors (Lipinski definition) is 0. The molecule has 0 fully saturated rings. The Labute approximate surface area is 106 Å². The van der Waals surface area contributed by atoms with E-state index in [0.29, 0.717) is 21.1 Å². The molecular formula is C12H9BrFNO2. The van der Waals surface area contributed by atoms with Crippen LogP contribution in [0.3, 0.4) is 0 Å². The maximum absolute atomic E-state index is 13.7. The van der Waals surface area contributed by atoms with Crippen molar-refractivity contribution in [3.63, 3.8) is 0 Å². The van der Waals surface area contributed by atoms with Gasteiger partial charge in [-0.15, -0.1) is 0 Å². The molecule has 0 atom stereocenters. The van der Waals surface area contributed by atoms with E-state index < -0.39 is 11.8 Å². The second-order valence-corrected chi connectivity index (χ2v) is 4.50. The van der Waals surface area contributed by atoms with Crippen molar-refractivity contribution in [1.29, 1.82) is 0 Å². The summed E-state index contributed by atoms with van der Waals surface area (Å²) in [7, 11) is 1.29. The van der Waals surface area contributed by atoms with Crippen LogP contribution < -0.4 is 0 Å². The Kier molecular flexibility index (Phi) is 3.11. The minimum atomic E-state index is -0.502. The van der Waals surface area contributed by atoms with Crippen molar-refractivity contribution < 1.29 is 13.9 Å². The number of methoxy groups -OCH3 is 1. The molecule has 0 bridgehead atoms. The number of benzene rings is 1. The van der Waals surface area contributed by atoms with Gasteiger partial charge in [-0.1, -0.05) is 15.9 Å². The Morgan fingerprint density at radius 3 is 2.76 bits per heavy atom. The van der Waals surface area contributed by atoms with Crippen LogP contribution in [0.5, 0.6) is 0 Å². The second kappa shape index (κ2) is 4.41. The van der Waals surface area contributed by atoms with Crippen LogP contribution in [0.25, 0.3) is 10.9 Å². The molecule has 88 valence electrons. The summed E-state index contributed by atoms with van der Waals surface area (Å²) in [6.07, 6.45) is 0. The maximum Gasteiger partial charge on any atom is 0.338 e. The zero-order chi connectivity index (χ0) is 12.6. The smallest absolute Gasteiger partial charge is 0.338 e. The third-order valence-corrected chi connectivity index (χ3v) is 2.82. The lowest BCUT2D eigenvalue weighted by Gasteiger charge is -2.07. The minimum Gasteiger partial charge on any atom is -0.465 e. The lowest BCUT2D eigenvalue weighted by atomic mass is 10.1. The summed E-state index contributed by atoms with van der Waals surface area (Å²) in [6, 6.07) is 4.55. The van der Waals surface area contributed by atoms with Crippen molar-refractivity contribution in [3.8, 4) is 0 Å². The van der Waals surface area contributed by atoms with Crippen LogP contribution in [-0.4, -0.2) is 18.1 Å². The van der Waals surface area contributed by atoms with Gasteiger partial charge in [-0.05, 0) is 25.1 Å². The molecular weight excluding hydrogens is 289 g/mol. The van der Waals surface area contributed by atoms with Crippen molar-refractivity contribution in [2.24, 2.45) is 0 Å². The highest BCUT2D eigenvalue weighted by atomic mass is 79.9. The molecule has 0 N–H and O–H groups in total. The van der Waals surface area contributed by atoms with Crippen LogP contribution in [0, 0.1) is 12.7 Å². The zero-order valence-corrected chi connectivity index (χ0v) is 10.8. The quantitative estimate of drug-likeness (QED) is 0.759. The fourth-order valence-electron chi connectivity index (χ4n) is 1.66. The first-order chi connectivity index (χ1) is 8.02. The predicted octanol–water partition coefficient (Wildman–Crippen LogP) is 3.23. The number of pyridine rings is 1. The number of carbonyl (C=O) groups excluding carboxylic acids is 1. The van der Waals surface area contributed by atoms with E-state index >= 15 is 0 Å². The minimum absolute atomic E-state index is 0.175. The number of fused-ring (bicyclic) bond motifs is 1. The van der Waals surface area contributed by atoms with E-state index in [-0.39, 0.29) is 5.52 Å². The van der Waals surface area contributed by atoms with Gasteiger partial charge >= 0.3 is 5.97 Å². The average Bonchev–Trinajstić information content (AvgIpc) is 2.28. The summed E-state index contributed by atoms with van der Waals surface area (Å²) in [6.45, 7) is 1.70. The van der Waals surface area contributed by atoms with Gasteiger partial charge < -0.3 is 4.74 Å². The third kappa shape index (κ3) is 2.15. The number of ether oxygens (including phenoxy) is 1. The van der Waals surface area contributed by atoms with E-state index in [9.17, 15) is 9.18 Å². The molecule has 0 amide bonds. The number of carbonyl (C=O) groups is 1. The van der Waals surface area contributed by atoms with E-state index in [1.807, 2.05) is 0 Å². The Hall–Kier alpha value is -1.49. The van der Waals surface area contributed by atoms with Crippen molar-refractivity contribution in [1.82, 2.24) is 4.98 Å². The molecule has 0 spiro atoms. The summed E-state index contributed by atoms with van der Waals surface area (Å²) in [5.41, 5.74) is 1.06. The summed E-state index contributed by atoms with van der Waals surface area (Å²) >= 11 is 3.19. The van der Waals surface area contributed by atoms with Crippen molar-refractivity contribution in [2.45, 2.75) is 6.92 Å². The van der Waals surface area contributed by atoms with Gasteiger partial charge in [-0.3, -0.25) is 0 Å². The van der Waals surface area contributed by atoms with Gasteiger partial charge in [-0.2, -0.15) is 0 Å². The van der Waals surface area contributed by atoms with Crippen LogP contribution in [-0.2, 0) is 4.74 Å². The number of nitrogens with zero attached hydrogens (tertiary/aromatic N) is 1. The fraction of sp³-hybridized carbons (Fsp3) is 0.167. The molecule has 0 saturated heterocycles. The van der Waals surface area contributed by atoms with Crippen LogP contribution in [0.4, 0.5) is 4.39 Å². The molecule has 0 aliphatic carbocycles. The Bertz CT molecular complexity index is 613. The van der Waals surface area contributed by atoms with Gasteiger partial charge in [0.2, 0.25) is 0 Å². The Balaban J connectivity index is 2.87. The summed E-state index contributed by atoms with van der Waals surface area (Å²) in [5, 5.41) is 0.439. The molecule has 0 aliphatic heterocycles. The first-order valence-electron chi connectivity index (χ1n) is 4.87. The van der Waals surface area contributed by atoms with E-state index in [4.69, 9.17) is 0 Å². The number of halogens is 2. The molecule has 0 aliphatic rings. The number of hydrogen-bond acceptors (Lipinski definition) is 3. The van der Waals surface area contributed by atoms with Gasteiger partial charge in [0.1, 0.15) is 5.52 Å². The molecule has 1 heterocycles. The van der Waals surface area contributed by atoms with Gasteiger partial charge in [0.05, 0.1) is 12.7 Å². The van der Waals surface area contributed by atoms with Crippen LogP contribution in [0.1, 0.15) is 16.1 Å². The SMILES string of the molecule is COC(=O)c1cc(C)nc2c(F)cc(Br)cc12. The molecule has 3 nitrogen and oxygen atoms in total. The highest BCUT2D eigenvalue weighted by Gasteiger charge is 2.15. The molecule has 17 heavy (non-hydrogen) atoms. The number of rotatable bonds is 1. The van der Waals surface area contributed by atoms with E-state index in [1.54, 1.807) is 19.1 Å². The van der Waals surface area contributed by atoms with E-state index in [0.717, 1.165) is 0 Å². The van der Waals surface area contributed by atoms with Crippen molar-refractivity contribution in [3.05, 3.63) is 39.7 Å². The first-order valence-corrected chi connectivity index (χ1v) is 5.67. The molecule has 0 saturated carbocycles. The van der Waals surface area contributed by atoms with Crippen molar-refractivity contribution >= 4 is 32.8 Å². The second-order valence-electron chi connectivity index (χ2n) is 3.59.